The third-order valence-corrected chi connectivity index (χ3v) is 7.22. The van der Waals surface area contributed by atoms with Gasteiger partial charge >= 0.3 is 0 Å². The number of nitrogens with zero attached hydrogens (tertiary/aromatic N) is 1. The second kappa shape index (κ2) is 9.69. The van der Waals surface area contributed by atoms with E-state index in [9.17, 15) is 5.11 Å². The van der Waals surface area contributed by atoms with Crippen molar-refractivity contribution in [1.82, 2.24) is 10.2 Å². The SMILES string of the molecule is COc1cccc(CCC2(N3CCNCC3c3cccc(Cl)c3)CCCCC2O)c1. The van der Waals surface area contributed by atoms with Crippen molar-refractivity contribution >= 4 is 11.6 Å². The van der Waals surface area contributed by atoms with Crippen molar-refractivity contribution in [3.05, 3.63) is 64.7 Å². The van der Waals surface area contributed by atoms with E-state index in [0.717, 1.165) is 62.5 Å². The molecule has 1 aliphatic heterocycles. The minimum absolute atomic E-state index is 0.212. The standard InChI is InChI=1S/C25H33ClN2O2/c1-30-22-9-4-6-19(16-22)11-13-25(12-3-2-10-24(25)29)28-15-14-27-18-23(28)20-7-5-8-21(26)17-20/h4-9,16-17,23-24,27,29H,2-3,10-15,18H2,1H3. The molecule has 0 spiro atoms. The van der Waals surface area contributed by atoms with Crippen LogP contribution in [0.3, 0.4) is 0 Å². The van der Waals surface area contributed by atoms with E-state index in [1.54, 1.807) is 7.11 Å². The fraction of sp³-hybridized carbons (Fsp3) is 0.520. The Morgan fingerprint density at radius 1 is 1.20 bits per heavy atom. The van der Waals surface area contributed by atoms with Gasteiger partial charge in [-0.2, -0.15) is 0 Å². The number of halogens is 1. The molecule has 0 bridgehead atoms. The molecule has 2 aromatic rings. The molecule has 30 heavy (non-hydrogen) atoms. The molecule has 4 rings (SSSR count). The van der Waals surface area contributed by atoms with E-state index in [1.165, 1.54) is 17.5 Å². The molecule has 1 aliphatic carbocycles. The molecular formula is C25H33ClN2O2. The zero-order valence-corrected chi connectivity index (χ0v) is 18.6. The van der Waals surface area contributed by atoms with Crippen LogP contribution in [-0.2, 0) is 6.42 Å². The van der Waals surface area contributed by atoms with Gasteiger partial charge in [-0.15, -0.1) is 0 Å². The summed E-state index contributed by atoms with van der Waals surface area (Å²) in [5.41, 5.74) is 2.28. The van der Waals surface area contributed by atoms with E-state index in [1.807, 2.05) is 18.2 Å². The fourth-order valence-electron chi connectivity index (χ4n) is 5.41. The smallest absolute Gasteiger partial charge is 0.119 e. The lowest BCUT2D eigenvalue weighted by atomic mass is 9.73. The largest absolute Gasteiger partial charge is 0.497 e. The summed E-state index contributed by atoms with van der Waals surface area (Å²) in [7, 11) is 1.71. The Hall–Kier alpha value is -1.59. The van der Waals surface area contributed by atoms with Crippen molar-refractivity contribution in [3.8, 4) is 5.75 Å². The van der Waals surface area contributed by atoms with Gasteiger partial charge < -0.3 is 15.2 Å². The number of aryl methyl sites for hydroxylation is 1. The van der Waals surface area contributed by atoms with Crippen molar-refractivity contribution in [3.63, 3.8) is 0 Å². The zero-order chi connectivity index (χ0) is 21.0. The van der Waals surface area contributed by atoms with E-state index in [2.05, 4.69) is 40.5 Å². The molecule has 1 saturated heterocycles. The minimum atomic E-state index is -0.309. The Labute approximate surface area is 185 Å². The number of hydrogen-bond donors (Lipinski definition) is 2. The predicted octanol–water partition coefficient (Wildman–Crippen LogP) is 4.60. The van der Waals surface area contributed by atoms with Gasteiger partial charge in [0.25, 0.3) is 0 Å². The lowest BCUT2D eigenvalue weighted by Gasteiger charge is -2.54. The number of benzene rings is 2. The first-order valence-corrected chi connectivity index (χ1v) is 11.5. The topological polar surface area (TPSA) is 44.7 Å². The van der Waals surface area contributed by atoms with Crippen LogP contribution in [0.5, 0.6) is 5.75 Å². The van der Waals surface area contributed by atoms with E-state index in [4.69, 9.17) is 16.3 Å². The van der Waals surface area contributed by atoms with Crippen LogP contribution >= 0.6 is 11.6 Å². The van der Waals surface area contributed by atoms with Crippen LogP contribution in [-0.4, -0.2) is 48.4 Å². The van der Waals surface area contributed by atoms with Gasteiger partial charge in [-0.1, -0.05) is 48.7 Å². The monoisotopic (exact) mass is 428 g/mol. The van der Waals surface area contributed by atoms with E-state index >= 15 is 0 Å². The summed E-state index contributed by atoms with van der Waals surface area (Å²) >= 11 is 6.33. The molecule has 2 aromatic carbocycles. The average Bonchev–Trinajstić information content (AvgIpc) is 2.79. The van der Waals surface area contributed by atoms with Crippen LogP contribution in [0.2, 0.25) is 5.02 Å². The molecule has 3 atom stereocenters. The third kappa shape index (κ3) is 4.52. The fourth-order valence-corrected chi connectivity index (χ4v) is 5.61. The van der Waals surface area contributed by atoms with Crippen molar-refractivity contribution in [1.29, 1.82) is 0 Å². The lowest BCUT2D eigenvalue weighted by molar-refractivity contribution is -0.0915. The number of aliphatic hydroxyl groups is 1. The number of ether oxygens (including phenoxy) is 1. The maximum absolute atomic E-state index is 11.4. The molecule has 3 unspecified atom stereocenters. The Balaban J connectivity index is 1.64. The van der Waals surface area contributed by atoms with Gasteiger partial charge in [0.2, 0.25) is 0 Å². The van der Waals surface area contributed by atoms with Crippen molar-refractivity contribution < 1.29 is 9.84 Å². The Bertz CT molecular complexity index is 845. The molecule has 2 fully saturated rings. The van der Waals surface area contributed by atoms with Gasteiger partial charge in [0, 0.05) is 36.2 Å². The number of hydrogen-bond acceptors (Lipinski definition) is 4. The molecule has 2 N–H and O–H groups in total. The van der Waals surface area contributed by atoms with E-state index < -0.39 is 0 Å². The second-order valence-corrected chi connectivity index (χ2v) is 9.12. The molecular weight excluding hydrogens is 396 g/mol. The van der Waals surface area contributed by atoms with E-state index in [0.29, 0.717) is 0 Å². The maximum Gasteiger partial charge on any atom is 0.119 e. The lowest BCUT2D eigenvalue weighted by Crippen LogP contribution is -2.63. The third-order valence-electron chi connectivity index (χ3n) is 6.99. The van der Waals surface area contributed by atoms with Gasteiger partial charge in [0.1, 0.15) is 5.75 Å². The first kappa shape index (κ1) is 21.6. The highest BCUT2D eigenvalue weighted by molar-refractivity contribution is 6.30. The summed E-state index contributed by atoms with van der Waals surface area (Å²) in [6, 6.07) is 16.8. The van der Waals surface area contributed by atoms with Crippen LogP contribution in [0, 0.1) is 0 Å². The highest BCUT2D eigenvalue weighted by Crippen LogP contribution is 2.43. The highest BCUT2D eigenvalue weighted by atomic mass is 35.5. The molecule has 0 amide bonds. The zero-order valence-electron chi connectivity index (χ0n) is 17.8. The first-order chi connectivity index (χ1) is 14.6. The summed E-state index contributed by atoms with van der Waals surface area (Å²) in [5, 5.41) is 15.7. The van der Waals surface area contributed by atoms with Gasteiger partial charge in [0.05, 0.1) is 13.2 Å². The molecule has 1 heterocycles. The van der Waals surface area contributed by atoms with Crippen LogP contribution < -0.4 is 10.1 Å². The Morgan fingerprint density at radius 3 is 2.87 bits per heavy atom. The summed E-state index contributed by atoms with van der Waals surface area (Å²) in [5.74, 6) is 0.893. The summed E-state index contributed by atoms with van der Waals surface area (Å²) in [6.45, 7) is 2.77. The van der Waals surface area contributed by atoms with E-state index in [-0.39, 0.29) is 17.7 Å². The van der Waals surface area contributed by atoms with Crippen LogP contribution in [0.4, 0.5) is 0 Å². The molecule has 1 saturated carbocycles. The van der Waals surface area contributed by atoms with Crippen molar-refractivity contribution in [2.24, 2.45) is 0 Å². The van der Waals surface area contributed by atoms with Crippen molar-refractivity contribution in [2.45, 2.75) is 56.2 Å². The summed E-state index contributed by atoms with van der Waals surface area (Å²) in [6.07, 6.45) is 5.76. The molecule has 0 aromatic heterocycles. The number of rotatable bonds is 6. The van der Waals surface area contributed by atoms with Gasteiger partial charge in [-0.05, 0) is 61.1 Å². The average molecular weight is 429 g/mol. The molecule has 5 heteroatoms. The normalized spacial score (nSPS) is 27.7. The second-order valence-electron chi connectivity index (χ2n) is 8.69. The Kier molecular flexibility index (Phi) is 6.99. The number of methoxy groups -OCH3 is 1. The van der Waals surface area contributed by atoms with Gasteiger partial charge in [0.15, 0.2) is 0 Å². The minimum Gasteiger partial charge on any atom is -0.497 e. The quantitative estimate of drug-likeness (QED) is 0.705. The predicted molar refractivity (Wildman–Crippen MR) is 122 cm³/mol. The van der Waals surface area contributed by atoms with Crippen LogP contribution in [0.1, 0.15) is 49.3 Å². The number of piperazine rings is 1. The molecule has 4 nitrogen and oxygen atoms in total. The summed E-state index contributed by atoms with van der Waals surface area (Å²) in [4.78, 5) is 2.60. The van der Waals surface area contributed by atoms with Gasteiger partial charge in [-0.3, -0.25) is 4.90 Å². The van der Waals surface area contributed by atoms with Crippen LogP contribution in [0.25, 0.3) is 0 Å². The maximum atomic E-state index is 11.4. The number of aliphatic hydroxyl groups excluding tert-OH is 1. The van der Waals surface area contributed by atoms with Crippen LogP contribution in [0.15, 0.2) is 48.5 Å². The molecule has 162 valence electrons. The first-order valence-electron chi connectivity index (χ1n) is 11.2. The van der Waals surface area contributed by atoms with Gasteiger partial charge in [-0.25, -0.2) is 0 Å². The number of nitrogens with one attached hydrogen (secondary N) is 1. The molecule has 0 radical (unpaired) electrons. The Morgan fingerprint density at radius 2 is 2.07 bits per heavy atom. The molecule has 2 aliphatic rings. The highest BCUT2D eigenvalue weighted by Gasteiger charge is 2.47. The van der Waals surface area contributed by atoms with Crippen molar-refractivity contribution in [2.75, 3.05) is 26.7 Å². The summed E-state index contributed by atoms with van der Waals surface area (Å²) < 4.78 is 5.41.